The van der Waals surface area contributed by atoms with Crippen molar-refractivity contribution in [3.63, 3.8) is 0 Å². The van der Waals surface area contributed by atoms with E-state index in [0.29, 0.717) is 19.3 Å². The summed E-state index contributed by atoms with van der Waals surface area (Å²) in [6.45, 7) is 1.88. The van der Waals surface area contributed by atoms with Crippen LogP contribution in [0.15, 0.2) is 24.4 Å². The molecule has 1 aliphatic rings. The number of pyridine rings is 1. The number of carboxylic acid groups (broad SMARTS) is 1. The Kier molecular flexibility index (Phi) is 4.14. The zero-order valence-corrected chi connectivity index (χ0v) is 10.9. The highest BCUT2D eigenvalue weighted by Crippen LogP contribution is 2.31. The normalized spacial score (nSPS) is 23.8. The van der Waals surface area contributed by atoms with Gasteiger partial charge in [-0.25, -0.2) is 0 Å². The summed E-state index contributed by atoms with van der Waals surface area (Å²) in [4.78, 5) is 27.1. The fourth-order valence-electron chi connectivity index (χ4n) is 2.48. The van der Waals surface area contributed by atoms with Gasteiger partial charge in [-0.15, -0.1) is 0 Å². The van der Waals surface area contributed by atoms with Gasteiger partial charge in [-0.2, -0.15) is 0 Å². The first-order chi connectivity index (χ1) is 9.08. The highest BCUT2D eigenvalue weighted by Gasteiger charge is 2.34. The summed E-state index contributed by atoms with van der Waals surface area (Å²) in [5.41, 5.74) is 0.809. The number of carbonyl (C=O) groups is 2. The molecule has 2 N–H and O–H groups in total. The smallest absolute Gasteiger partial charge is 0.306 e. The van der Waals surface area contributed by atoms with Gasteiger partial charge in [-0.1, -0.05) is 6.07 Å². The van der Waals surface area contributed by atoms with Crippen LogP contribution in [0, 0.1) is 11.8 Å². The SMILES string of the molecule is C[C@@H](NC(=O)C1CCC(C(=O)O)C1)c1ccccn1. The Labute approximate surface area is 112 Å². The summed E-state index contributed by atoms with van der Waals surface area (Å²) in [6, 6.07) is 5.41. The van der Waals surface area contributed by atoms with E-state index in [-0.39, 0.29) is 23.8 Å². The van der Waals surface area contributed by atoms with Gasteiger partial charge in [0.1, 0.15) is 0 Å². The quantitative estimate of drug-likeness (QED) is 0.866. The topological polar surface area (TPSA) is 79.3 Å². The first-order valence-electron chi connectivity index (χ1n) is 6.52. The molecule has 0 spiro atoms. The summed E-state index contributed by atoms with van der Waals surface area (Å²) in [5, 5.41) is 11.8. The third kappa shape index (κ3) is 3.30. The highest BCUT2D eigenvalue weighted by atomic mass is 16.4. The minimum Gasteiger partial charge on any atom is -0.481 e. The third-order valence-corrected chi connectivity index (χ3v) is 3.64. The number of carbonyl (C=O) groups excluding carboxylic acids is 1. The maximum atomic E-state index is 12.1. The number of amides is 1. The van der Waals surface area contributed by atoms with E-state index in [0.717, 1.165) is 5.69 Å². The highest BCUT2D eigenvalue weighted by molar-refractivity contribution is 5.81. The van der Waals surface area contributed by atoms with E-state index < -0.39 is 5.97 Å². The Balaban J connectivity index is 1.90. The van der Waals surface area contributed by atoms with E-state index in [1.165, 1.54) is 0 Å². The number of carboxylic acids is 1. The molecule has 19 heavy (non-hydrogen) atoms. The first kappa shape index (κ1) is 13.5. The van der Waals surface area contributed by atoms with Crippen molar-refractivity contribution in [2.24, 2.45) is 11.8 Å². The van der Waals surface area contributed by atoms with Crippen molar-refractivity contribution in [1.82, 2.24) is 10.3 Å². The first-order valence-corrected chi connectivity index (χ1v) is 6.52. The van der Waals surface area contributed by atoms with E-state index in [9.17, 15) is 9.59 Å². The molecule has 102 valence electrons. The van der Waals surface area contributed by atoms with Crippen molar-refractivity contribution >= 4 is 11.9 Å². The number of aromatic nitrogens is 1. The summed E-state index contributed by atoms with van der Waals surface area (Å²) in [7, 11) is 0. The molecule has 0 aliphatic heterocycles. The van der Waals surface area contributed by atoms with Gasteiger partial charge in [-0.3, -0.25) is 14.6 Å². The van der Waals surface area contributed by atoms with Gasteiger partial charge in [0.2, 0.25) is 5.91 Å². The number of hydrogen-bond acceptors (Lipinski definition) is 3. The van der Waals surface area contributed by atoms with Crippen LogP contribution in [-0.2, 0) is 9.59 Å². The maximum absolute atomic E-state index is 12.1. The van der Waals surface area contributed by atoms with E-state index in [4.69, 9.17) is 5.11 Å². The average molecular weight is 262 g/mol. The zero-order valence-electron chi connectivity index (χ0n) is 10.9. The third-order valence-electron chi connectivity index (χ3n) is 3.64. The second-order valence-corrected chi connectivity index (χ2v) is 5.03. The van der Waals surface area contributed by atoms with Crippen LogP contribution in [0.1, 0.15) is 37.9 Å². The number of hydrogen-bond donors (Lipinski definition) is 2. The van der Waals surface area contributed by atoms with Crippen LogP contribution in [0.3, 0.4) is 0 Å². The second kappa shape index (κ2) is 5.82. The summed E-state index contributed by atoms with van der Waals surface area (Å²) in [6.07, 6.45) is 3.37. The lowest BCUT2D eigenvalue weighted by Gasteiger charge is -2.16. The molecule has 1 aromatic rings. The van der Waals surface area contributed by atoms with Gasteiger partial charge in [0.15, 0.2) is 0 Å². The molecule has 0 aromatic carbocycles. The standard InChI is InChI=1S/C14H18N2O3/c1-9(12-4-2-3-7-15-12)16-13(17)10-5-6-11(8-10)14(18)19/h2-4,7,9-11H,5-6,8H2,1H3,(H,16,17)(H,18,19)/t9-,10?,11?/m1/s1. The van der Waals surface area contributed by atoms with Crippen LogP contribution in [0.5, 0.6) is 0 Å². The van der Waals surface area contributed by atoms with E-state index >= 15 is 0 Å². The molecule has 1 amide bonds. The Bertz CT molecular complexity index is 461. The number of aliphatic carboxylic acids is 1. The molecule has 0 bridgehead atoms. The fourth-order valence-corrected chi connectivity index (χ4v) is 2.48. The number of nitrogens with one attached hydrogen (secondary N) is 1. The van der Waals surface area contributed by atoms with Crippen LogP contribution >= 0.6 is 0 Å². The second-order valence-electron chi connectivity index (χ2n) is 5.03. The molecule has 0 saturated heterocycles. The number of nitrogens with zero attached hydrogens (tertiary/aromatic N) is 1. The predicted molar refractivity (Wildman–Crippen MR) is 69.3 cm³/mol. The van der Waals surface area contributed by atoms with Crippen LogP contribution in [0.2, 0.25) is 0 Å². The minimum absolute atomic E-state index is 0.0677. The zero-order chi connectivity index (χ0) is 13.8. The fraction of sp³-hybridized carbons (Fsp3) is 0.500. The molecule has 2 rings (SSSR count). The lowest BCUT2D eigenvalue weighted by Crippen LogP contribution is -2.32. The van der Waals surface area contributed by atoms with Gasteiger partial charge < -0.3 is 10.4 Å². The van der Waals surface area contributed by atoms with Crippen molar-refractivity contribution in [2.45, 2.75) is 32.2 Å². The molecule has 1 heterocycles. The van der Waals surface area contributed by atoms with Crippen molar-refractivity contribution in [3.05, 3.63) is 30.1 Å². The van der Waals surface area contributed by atoms with Gasteiger partial charge in [0, 0.05) is 12.1 Å². The number of rotatable bonds is 4. The molecule has 5 nitrogen and oxygen atoms in total. The molecule has 3 atom stereocenters. The summed E-state index contributed by atoms with van der Waals surface area (Å²) in [5.74, 6) is -1.43. The van der Waals surface area contributed by atoms with Gasteiger partial charge in [0.25, 0.3) is 0 Å². The van der Waals surface area contributed by atoms with Crippen molar-refractivity contribution in [2.75, 3.05) is 0 Å². The molecule has 1 aliphatic carbocycles. The van der Waals surface area contributed by atoms with Crippen molar-refractivity contribution in [1.29, 1.82) is 0 Å². The predicted octanol–water partition coefficient (Wildman–Crippen LogP) is 1.76. The lowest BCUT2D eigenvalue weighted by molar-refractivity contribution is -0.141. The summed E-state index contributed by atoms with van der Waals surface area (Å²) < 4.78 is 0. The van der Waals surface area contributed by atoms with E-state index in [1.54, 1.807) is 6.20 Å². The van der Waals surface area contributed by atoms with Crippen LogP contribution < -0.4 is 5.32 Å². The molecule has 5 heteroatoms. The van der Waals surface area contributed by atoms with Crippen LogP contribution in [-0.4, -0.2) is 22.0 Å². The van der Waals surface area contributed by atoms with Gasteiger partial charge in [-0.05, 0) is 38.3 Å². The van der Waals surface area contributed by atoms with Crippen LogP contribution in [0.4, 0.5) is 0 Å². The van der Waals surface area contributed by atoms with Crippen molar-refractivity contribution < 1.29 is 14.7 Å². The van der Waals surface area contributed by atoms with Crippen LogP contribution in [0.25, 0.3) is 0 Å². The minimum atomic E-state index is -0.798. The summed E-state index contributed by atoms with van der Waals surface area (Å²) >= 11 is 0. The van der Waals surface area contributed by atoms with E-state index in [1.807, 2.05) is 25.1 Å². The molecule has 0 radical (unpaired) electrons. The molecule has 1 aromatic heterocycles. The maximum Gasteiger partial charge on any atom is 0.306 e. The Hall–Kier alpha value is -1.91. The van der Waals surface area contributed by atoms with Gasteiger partial charge in [0.05, 0.1) is 17.7 Å². The van der Waals surface area contributed by atoms with E-state index in [2.05, 4.69) is 10.3 Å². The van der Waals surface area contributed by atoms with Crippen molar-refractivity contribution in [3.8, 4) is 0 Å². The molecule has 1 fully saturated rings. The monoisotopic (exact) mass is 262 g/mol. The molecule has 2 unspecified atom stereocenters. The molecule has 1 saturated carbocycles. The molecular formula is C14H18N2O3. The molecular weight excluding hydrogens is 244 g/mol. The Morgan fingerprint density at radius 2 is 2.11 bits per heavy atom. The average Bonchev–Trinajstić information content (AvgIpc) is 2.89. The van der Waals surface area contributed by atoms with Gasteiger partial charge >= 0.3 is 5.97 Å². The lowest BCUT2D eigenvalue weighted by atomic mass is 10.0. The Morgan fingerprint density at radius 1 is 1.37 bits per heavy atom. The largest absolute Gasteiger partial charge is 0.481 e. The Morgan fingerprint density at radius 3 is 2.68 bits per heavy atom.